The van der Waals surface area contributed by atoms with E-state index in [0.29, 0.717) is 0 Å². The lowest BCUT2D eigenvalue weighted by Crippen LogP contribution is -2.81. The molecule has 17 heavy (non-hydrogen) atoms. The maximum absolute atomic E-state index is 11.5. The summed E-state index contributed by atoms with van der Waals surface area (Å²) in [5, 5.41) is 9.11. The summed E-state index contributed by atoms with van der Waals surface area (Å²) in [6.07, 6.45) is -0.717. The molecule has 1 aliphatic heterocycles. The molecule has 2 unspecified atom stereocenters. The number of carbonyl (C=O) groups is 2. The average molecular weight is 280 g/mol. The van der Waals surface area contributed by atoms with Crippen LogP contribution in [-0.2, 0) is 4.79 Å². The van der Waals surface area contributed by atoms with Crippen LogP contribution in [0, 0.1) is 10.8 Å². The molecule has 0 aromatic rings. The molecule has 2 atom stereocenters. The Kier molecular flexibility index (Phi) is 2.51. The minimum absolute atomic E-state index is 0.208. The van der Waals surface area contributed by atoms with Crippen molar-refractivity contribution in [3.8, 4) is 0 Å². The van der Waals surface area contributed by atoms with Crippen LogP contribution in [0.25, 0.3) is 0 Å². The van der Waals surface area contributed by atoms with E-state index < -0.39 is 15.8 Å². The van der Waals surface area contributed by atoms with Gasteiger partial charge in [-0.25, -0.2) is 4.79 Å². The number of halogens is 2. The van der Waals surface area contributed by atoms with Crippen LogP contribution in [-0.4, -0.2) is 38.8 Å². The van der Waals surface area contributed by atoms with E-state index in [0.717, 1.165) is 0 Å². The number of rotatable bonds is 0. The number of alkyl halides is 2. The smallest absolute Gasteiger partial charge is 0.407 e. The van der Waals surface area contributed by atoms with Gasteiger partial charge in [-0.2, -0.15) is 0 Å². The molecule has 1 heterocycles. The van der Waals surface area contributed by atoms with Gasteiger partial charge in [0.1, 0.15) is 0 Å². The third-order valence-electron chi connectivity index (χ3n) is 3.81. The van der Waals surface area contributed by atoms with E-state index >= 15 is 0 Å². The summed E-state index contributed by atoms with van der Waals surface area (Å²) in [6, 6.07) is -0.319. The molecule has 1 spiro atoms. The van der Waals surface area contributed by atoms with Crippen LogP contribution in [0.3, 0.4) is 0 Å². The first-order valence-corrected chi connectivity index (χ1v) is 6.20. The predicted molar refractivity (Wildman–Crippen MR) is 64.5 cm³/mol. The monoisotopic (exact) mass is 279 g/mol. The highest BCUT2D eigenvalue weighted by molar-refractivity contribution is 6.61. The molecule has 2 rings (SSSR count). The molecule has 96 valence electrons. The van der Waals surface area contributed by atoms with Crippen molar-refractivity contribution < 1.29 is 14.7 Å². The zero-order chi connectivity index (χ0) is 13.2. The lowest BCUT2D eigenvalue weighted by Gasteiger charge is -2.68. The number of nitrogens with zero attached hydrogens (tertiary/aromatic N) is 1. The number of carbonyl (C=O) groups excluding carboxylic acids is 1. The summed E-state index contributed by atoms with van der Waals surface area (Å²) in [5.41, 5.74) is -0.907. The van der Waals surface area contributed by atoms with Gasteiger partial charge >= 0.3 is 6.09 Å². The number of likely N-dealkylation sites (tertiary alicyclic amines) is 1. The van der Waals surface area contributed by atoms with Gasteiger partial charge in [0.25, 0.3) is 0 Å². The van der Waals surface area contributed by atoms with E-state index in [1.807, 2.05) is 20.8 Å². The molecule has 1 aliphatic carbocycles. The molecule has 1 amide bonds. The van der Waals surface area contributed by atoms with E-state index in [1.54, 1.807) is 0 Å². The molecule has 0 aromatic carbocycles. The Bertz CT molecular complexity index is 402. The molecule has 0 aromatic heterocycles. The Labute approximate surface area is 110 Å². The van der Waals surface area contributed by atoms with Gasteiger partial charge < -0.3 is 10.0 Å². The summed E-state index contributed by atoms with van der Waals surface area (Å²) in [6.45, 7) is 6.03. The minimum Gasteiger partial charge on any atom is -0.465 e. The number of hydrogen-bond acceptors (Lipinski definition) is 2. The summed E-state index contributed by atoms with van der Waals surface area (Å²) >= 11 is 12.2. The Hall–Kier alpha value is -0.480. The third kappa shape index (κ3) is 1.43. The lowest BCUT2D eigenvalue weighted by molar-refractivity contribution is -0.173. The van der Waals surface area contributed by atoms with Gasteiger partial charge in [-0.3, -0.25) is 4.79 Å². The second kappa shape index (κ2) is 3.29. The maximum atomic E-state index is 11.5. The Balaban J connectivity index is 2.34. The van der Waals surface area contributed by atoms with Crippen LogP contribution < -0.4 is 0 Å². The van der Waals surface area contributed by atoms with Crippen molar-refractivity contribution in [2.24, 2.45) is 10.8 Å². The predicted octanol–water partition coefficient (Wildman–Crippen LogP) is 2.53. The van der Waals surface area contributed by atoms with E-state index in [4.69, 9.17) is 28.3 Å². The highest BCUT2D eigenvalue weighted by atomic mass is 35.5. The second-order valence-electron chi connectivity index (χ2n) is 6.01. The van der Waals surface area contributed by atoms with Gasteiger partial charge in [0, 0.05) is 13.0 Å². The number of Topliss-reactive ketones (excluding diaryl/α,β-unsaturated/α-hetero) is 1. The first-order chi connectivity index (χ1) is 7.54. The van der Waals surface area contributed by atoms with Crippen LogP contribution in [0.1, 0.15) is 27.2 Å². The molecule has 4 nitrogen and oxygen atoms in total. The summed E-state index contributed by atoms with van der Waals surface area (Å²) in [4.78, 5) is 23.9. The Morgan fingerprint density at radius 2 is 2.00 bits per heavy atom. The Morgan fingerprint density at radius 3 is 2.29 bits per heavy atom. The van der Waals surface area contributed by atoms with Gasteiger partial charge in [-0.15, -0.1) is 0 Å². The minimum atomic E-state index is -1.43. The lowest BCUT2D eigenvalue weighted by atomic mass is 9.51. The molecule has 1 N–H and O–H groups in total. The molecule has 1 saturated carbocycles. The molecule has 2 fully saturated rings. The van der Waals surface area contributed by atoms with Crippen LogP contribution in [0.4, 0.5) is 4.79 Å². The number of carboxylic acid groups (broad SMARTS) is 1. The van der Waals surface area contributed by atoms with Crippen molar-refractivity contribution in [3.05, 3.63) is 0 Å². The second-order valence-corrected chi connectivity index (χ2v) is 7.34. The van der Waals surface area contributed by atoms with Crippen molar-refractivity contribution >= 4 is 35.1 Å². The van der Waals surface area contributed by atoms with E-state index in [9.17, 15) is 9.59 Å². The van der Waals surface area contributed by atoms with Gasteiger partial charge in [-0.05, 0) is 5.41 Å². The standard InChI is InChI=1S/C11H15Cl2NO3/c1-9(2,3)7-10(5-14(7)8(16)17)4-6(15)11(10,12)13/h7H,4-5H2,1-3H3,(H,16,17). The third-order valence-corrected chi connectivity index (χ3v) is 4.98. The summed E-state index contributed by atoms with van der Waals surface area (Å²) in [5.74, 6) is -0.208. The molecule has 1 saturated heterocycles. The average Bonchev–Trinajstić information content (AvgIpc) is 2.06. The quantitative estimate of drug-likeness (QED) is 0.694. The van der Waals surface area contributed by atoms with E-state index in [2.05, 4.69) is 0 Å². The van der Waals surface area contributed by atoms with Crippen LogP contribution in [0.2, 0.25) is 0 Å². The zero-order valence-electron chi connectivity index (χ0n) is 9.96. The fourth-order valence-corrected chi connectivity index (χ4v) is 3.84. The van der Waals surface area contributed by atoms with Crippen molar-refractivity contribution in [2.45, 2.75) is 37.6 Å². The number of ketones is 1. The number of hydrogen-bond donors (Lipinski definition) is 1. The van der Waals surface area contributed by atoms with Gasteiger partial charge in [0.05, 0.1) is 11.5 Å². The molecule has 0 radical (unpaired) electrons. The van der Waals surface area contributed by atoms with Gasteiger partial charge in [0.15, 0.2) is 10.1 Å². The van der Waals surface area contributed by atoms with Gasteiger partial charge in [0.2, 0.25) is 0 Å². The first kappa shape index (κ1) is 13.0. The molecular formula is C11H15Cl2NO3. The van der Waals surface area contributed by atoms with Crippen molar-refractivity contribution in [3.63, 3.8) is 0 Å². The fraction of sp³-hybridized carbons (Fsp3) is 0.818. The molecule has 0 bridgehead atoms. The first-order valence-electron chi connectivity index (χ1n) is 5.45. The highest BCUT2D eigenvalue weighted by Crippen LogP contribution is 2.65. The number of amides is 1. The normalized spacial score (nSPS) is 35.5. The maximum Gasteiger partial charge on any atom is 0.407 e. The summed E-state index contributed by atoms with van der Waals surface area (Å²) < 4.78 is -1.43. The largest absolute Gasteiger partial charge is 0.465 e. The molecule has 2 aliphatic rings. The van der Waals surface area contributed by atoms with Crippen molar-refractivity contribution in [2.75, 3.05) is 6.54 Å². The topological polar surface area (TPSA) is 57.6 Å². The Morgan fingerprint density at radius 1 is 1.47 bits per heavy atom. The molecular weight excluding hydrogens is 265 g/mol. The van der Waals surface area contributed by atoms with Crippen molar-refractivity contribution in [1.29, 1.82) is 0 Å². The van der Waals surface area contributed by atoms with Crippen LogP contribution in [0.15, 0.2) is 0 Å². The zero-order valence-corrected chi connectivity index (χ0v) is 11.5. The fourth-order valence-electron chi connectivity index (χ4n) is 3.25. The van der Waals surface area contributed by atoms with E-state index in [-0.39, 0.29) is 30.2 Å². The van der Waals surface area contributed by atoms with Gasteiger partial charge in [-0.1, -0.05) is 44.0 Å². The SMILES string of the molecule is CC(C)(C)C1N(C(=O)O)CC12CC(=O)C2(Cl)Cl. The molecule has 6 heteroatoms. The van der Waals surface area contributed by atoms with Crippen LogP contribution in [0.5, 0.6) is 0 Å². The van der Waals surface area contributed by atoms with E-state index in [1.165, 1.54) is 4.90 Å². The van der Waals surface area contributed by atoms with Crippen molar-refractivity contribution in [1.82, 2.24) is 4.90 Å². The summed E-state index contributed by atoms with van der Waals surface area (Å²) in [7, 11) is 0. The highest BCUT2D eigenvalue weighted by Gasteiger charge is 2.76. The van der Waals surface area contributed by atoms with Crippen LogP contribution >= 0.6 is 23.2 Å².